The molecular formula is C18H25NO3. The monoisotopic (exact) mass is 303 g/mol. The minimum absolute atomic E-state index is 0.113. The summed E-state index contributed by atoms with van der Waals surface area (Å²) >= 11 is 0. The van der Waals surface area contributed by atoms with Crippen LogP contribution in [0.5, 0.6) is 0 Å². The van der Waals surface area contributed by atoms with Crippen molar-refractivity contribution in [3.05, 3.63) is 35.9 Å². The van der Waals surface area contributed by atoms with E-state index in [1.807, 2.05) is 51.1 Å². The largest absolute Gasteiger partial charge is 0.444 e. The fraction of sp³-hybridized carbons (Fsp3) is 0.556. The van der Waals surface area contributed by atoms with Crippen LogP contribution in [0.2, 0.25) is 0 Å². The summed E-state index contributed by atoms with van der Waals surface area (Å²) in [6.45, 7) is 6.33. The van der Waals surface area contributed by atoms with E-state index in [0.717, 1.165) is 24.9 Å². The minimum atomic E-state index is -0.482. The molecule has 0 aromatic heterocycles. The smallest absolute Gasteiger partial charge is 0.410 e. The molecule has 0 N–H and O–H groups in total. The summed E-state index contributed by atoms with van der Waals surface area (Å²) in [5.41, 5.74) is 0.258. The number of ether oxygens (including phenoxy) is 1. The lowest BCUT2D eigenvalue weighted by atomic mass is 10.0. The second-order valence-electron chi connectivity index (χ2n) is 6.80. The Hall–Kier alpha value is -1.84. The fourth-order valence-electron chi connectivity index (χ4n) is 2.76. The molecule has 1 saturated heterocycles. The van der Waals surface area contributed by atoms with Crippen LogP contribution in [0.1, 0.15) is 56.8 Å². The second kappa shape index (κ2) is 6.95. The van der Waals surface area contributed by atoms with E-state index in [2.05, 4.69) is 0 Å². The van der Waals surface area contributed by atoms with Crippen molar-refractivity contribution in [2.24, 2.45) is 0 Å². The number of likely N-dealkylation sites (tertiary alicyclic amines) is 1. The molecule has 22 heavy (non-hydrogen) atoms. The average Bonchev–Trinajstić information content (AvgIpc) is 2.92. The van der Waals surface area contributed by atoms with Gasteiger partial charge in [0.1, 0.15) is 5.60 Å². The van der Waals surface area contributed by atoms with Gasteiger partial charge in [-0.1, -0.05) is 30.3 Å². The summed E-state index contributed by atoms with van der Waals surface area (Å²) in [6.07, 6.45) is 2.83. The van der Waals surface area contributed by atoms with Gasteiger partial charge < -0.3 is 9.64 Å². The molecule has 4 heteroatoms. The van der Waals surface area contributed by atoms with Crippen LogP contribution in [0.15, 0.2) is 30.3 Å². The lowest BCUT2D eigenvalue weighted by Gasteiger charge is -2.28. The first-order valence-corrected chi connectivity index (χ1v) is 7.95. The average molecular weight is 303 g/mol. The molecule has 0 unspecified atom stereocenters. The summed E-state index contributed by atoms with van der Waals surface area (Å²) in [7, 11) is 0. The molecule has 1 atom stereocenters. The summed E-state index contributed by atoms with van der Waals surface area (Å²) in [4.78, 5) is 26.2. The van der Waals surface area contributed by atoms with Crippen LogP contribution in [0.3, 0.4) is 0 Å². The maximum Gasteiger partial charge on any atom is 0.410 e. The Kier molecular flexibility index (Phi) is 5.22. The highest BCUT2D eigenvalue weighted by molar-refractivity contribution is 5.96. The predicted octanol–water partition coefficient (Wildman–Crippen LogP) is 4.05. The van der Waals surface area contributed by atoms with Gasteiger partial charge >= 0.3 is 6.09 Å². The summed E-state index contributed by atoms with van der Waals surface area (Å²) in [5, 5.41) is 0. The second-order valence-corrected chi connectivity index (χ2v) is 6.80. The van der Waals surface area contributed by atoms with E-state index in [9.17, 15) is 9.59 Å². The molecule has 1 aromatic rings. The van der Waals surface area contributed by atoms with Crippen LogP contribution in [0.4, 0.5) is 4.79 Å². The Morgan fingerprint density at radius 2 is 1.91 bits per heavy atom. The van der Waals surface area contributed by atoms with Gasteiger partial charge in [-0.05, 0) is 40.0 Å². The maximum absolute atomic E-state index is 12.2. The van der Waals surface area contributed by atoms with Crippen LogP contribution in [-0.2, 0) is 4.74 Å². The molecule has 0 aliphatic carbocycles. The molecule has 1 amide bonds. The van der Waals surface area contributed by atoms with E-state index in [1.54, 1.807) is 4.90 Å². The number of amides is 1. The molecule has 0 radical (unpaired) electrons. The van der Waals surface area contributed by atoms with Crippen molar-refractivity contribution in [2.75, 3.05) is 6.54 Å². The first kappa shape index (κ1) is 16.5. The zero-order valence-corrected chi connectivity index (χ0v) is 13.7. The molecule has 120 valence electrons. The van der Waals surface area contributed by atoms with Crippen LogP contribution >= 0.6 is 0 Å². The number of hydrogen-bond acceptors (Lipinski definition) is 3. The Labute approximate surface area is 132 Å². The standard InChI is InChI=1S/C18H25NO3/c1-18(2,3)22-17(21)19-13-7-10-15(19)11-12-16(20)14-8-5-4-6-9-14/h4-6,8-9,15H,7,10-13H2,1-3H3/t15-/m0/s1. The number of nitrogens with zero attached hydrogens (tertiary/aromatic N) is 1. The lowest BCUT2D eigenvalue weighted by Crippen LogP contribution is -2.40. The van der Waals surface area contributed by atoms with Crippen LogP contribution in [-0.4, -0.2) is 35.0 Å². The van der Waals surface area contributed by atoms with Crippen LogP contribution in [0, 0.1) is 0 Å². The Morgan fingerprint density at radius 1 is 1.23 bits per heavy atom. The Bertz CT molecular complexity index is 519. The SMILES string of the molecule is CC(C)(C)OC(=O)N1CCC[C@H]1CCC(=O)c1ccccc1. The molecular weight excluding hydrogens is 278 g/mol. The highest BCUT2D eigenvalue weighted by Crippen LogP contribution is 2.24. The molecule has 0 bridgehead atoms. The van der Waals surface area contributed by atoms with Crippen molar-refractivity contribution in [2.45, 2.75) is 58.1 Å². The molecule has 1 fully saturated rings. The van der Waals surface area contributed by atoms with Gasteiger partial charge in [0.15, 0.2) is 5.78 Å². The molecule has 4 nitrogen and oxygen atoms in total. The van der Waals surface area contributed by atoms with Gasteiger partial charge in [0.2, 0.25) is 0 Å². The third-order valence-corrected chi connectivity index (χ3v) is 3.81. The van der Waals surface area contributed by atoms with E-state index < -0.39 is 5.60 Å². The minimum Gasteiger partial charge on any atom is -0.444 e. The number of benzene rings is 1. The van der Waals surface area contributed by atoms with Gasteiger partial charge in [-0.15, -0.1) is 0 Å². The number of rotatable bonds is 4. The third-order valence-electron chi connectivity index (χ3n) is 3.81. The highest BCUT2D eigenvalue weighted by atomic mass is 16.6. The normalized spacial score (nSPS) is 18.3. The van der Waals surface area contributed by atoms with Crippen molar-refractivity contribution in [3.8, 4) is 0 Å². The van der Waals surface area contributed by atoms with Crippen molar-refractivity contribution in [3.63, 3.8) is 0 Å². The van der Waals surface area contributed by atoms with Gasteiger partial charge in [0.05, 0.1) is 0 Å². The van der Waals surface area contributed by atoms with Gasteiger partial charge in [0.25, 0.3) is 0 Å². The van der Waals surface area contributed by atoms with E-state index in [4.69, 9.17) is 4.74 Å². The van der Waals surface area contributed by atoms with Gasteiger partial charge in [-0.3, -0.25) is 4.79 Å². The summed E-state index contributed by atoms with van der Waals surface area (Å²) < 4.78 is 5.45. The van der Waals surface area contributed by atoms with Gasteiger partial charge in [0, 0.05) is 24.6 Å². The topological polar surface area (TPSA) is 46.6 Å². The molecule has 0 saturated carbocycles. The van der Waals surface area contributed by atoms with Gasteiger partial charge in [-0.25, -0.2) is 4.79 Å². The van der Waals surface area contributed by atoms with E-state index >= 15 is 0 Å². The molecule has 0 spiro atoms. The van der Waals surface area contributed by atoms with E-state index in [-0.39, 0.29) is 17.9 Å². The maximum atomic E-state index is 12.2. The number of hydrogen-bond donors (Lipinski definition) is 0. The van der Waals surface area contributed by atoms with Crippen LogP contribution < -0.4 is 0 Å². The number of carbonyl (C=O) groups is 2. The Morgan fingerprint density at radius 3 is 2.55 bits per heavy atom. The summed E-state index contributed by atoms with van der Waals surface area (Å²) in [6, 6.07) is 9.43. The van der Waals surface area contributed by atoms with Crippen LogP contribution in [0.25, 0.3) is 0 Å². The quantitative estimate of drug-likeness (QED) is 0.788. The van der Waals surface area contributed by atoms with Crippen molar-refractivity contribution >= 4 is 11.9 Å². The van der Waals surface area contributed by atoms with Crippen molar-refractivity contribution in [1.29, 1.82) is 0 Å². The molecule has 2 rings (SSSR count). The zero-order chi connectivity index (χ0) is 16.2. The fourth-order valence-corrected chi connectivity index (χ4v) is 2.76. The molecule has 1 aliphatic heterocycles. The number of carbonyl (C=O) groups excluding carboxylic acids is 2. The predicted molar refractivity (Wildman–Crippen MR) is 86.0 cm³/mol. The lowest BCUT2D eigenvalue weighted by molar-refractivity contribution is 0.0218. The first-order valence-electron chi connectivity index (χ1n) is 7.95. The highest BCUT2D eigenvalue weighted by Gasteiger charge is 2.32. The van der Waals surface area contributed by atoms with Crippen molar-refractivity contribution in [1.82, 2.24) is 4.90 Å². The number of Topliss-reactive ketones (excluding diaryl/α,β-unsaturated/α-hetero) is 1. The third kappa shape index (κ3) is 4.58. The molecule has 1 aliphatic rings. The first-order chi connectivity index (χ1) is 10.4. The van der Waals surface area contributed by atoms with E-state index in [1.165, 1.54) is 0 Å². The molecule has 1 aromatic carbocycles. The zero-order valence-electron chi connectivity index (χ0n) is 13.7. The summed E-state index contributed by atoms with van der Waals surface area (Å²) in [5.74, 6) is 0.136. The molecule has 1 heterocycles. The van der Waals surface area contributed by atoms with Crippen molar-refractivity contribution < 1.29 is 14.3 Å². The Balaban J connectivity index is 1.89. The van der Waals surface area contributed by atoms with Gasteiger partial charge in [-0.2, -0.15) is 0 Å². The van der Waals surface area contributed by atoms with E-state index in [0.29, 0.717) is 12.8 Å². The number of ketones is 1.